The van der Waals surface area contributed by atoms with E-state index in [2.05, 4.69) is 10.7 Å². The van der Waals surface area contributed by atoms with Crippen molar-refractivity contribution in [2.75, 3.05) is 11.9 Å². The monoisotopic (exact) mass is 394 g/mol. The summed E-state index contributed by atoms with van der Waals surface area (Å²) in [6.07, 6.45) is -10.2. The van der Waals surface area contributed by atoms with Crippen LogP contribution in [0, 0.1) is 11.3 Å². The number of hydrogen-bond donors (Lipinski definition) is 2. The Labute approximate surface area is 148 Å². The van der Waals surface area contributed by atoms with Crippen LogP contribution < -0.4 is 10.7 Å². The van der Waals surface area contributed by atoms with Crippen molar-refractivity contribution < 1.29 is 35.9 Å². The fourth-order valence-electron chi connectivity index (χ4n) is 2.44. The van der Waals surface area contributed by atoms with Gasteiger partial charge < -0.3 is 5.32 Å². The number of nitriles is 1. The second kappa shape index (κ2) is 6.73. The van der Waals surface area contributed by atoms with Crippen molar-refractivity contribution in [3.05, 3.63) is 29.3 Å². The Morgan fingerprint density at radius 1 is 1.26 bits per heavy atom. The third kappa shape index (κ3) is 4.30. The van der Waals surface area contributed by atoms with Crippen LogP contribution >= 0.6 is 0 Å². The predicted molar refractivity (Wildman–Crippen MR) is 78.7 cm³/mol. The average Bonchev–Trinajstić information content (AvgIpc) is 2.96. The van der Waals surface area contributed by atoms with Crippen LogP contribution in [0.2, 0.25) is 0 Å². The Morgan fingerprint density at radius 2 is 1.89 bits per heavy atom. The molecule has 1 aromatic rings. The van der Waals surface area contributed by atoms with E-state index < -0.39 is 47.4 Å². The molecule has 2 N–H and O–H groups in total. The van der Waals surface area contributed by atoms with Gasteiger partial charge in [0.2, 0.25) is 5.91 Å². The highest BCUT2D eigenvalue weighted by molar-refractivity contribution is 5.98. The van der Waals surface area contributed by atoms with Crippen LogP contribution in [0.15, 0.2) is 18.2 Å². The first-order valence-corrected chi connectivity index (χ1v) is 7.37. The van der Waals surface area contributed by atoms with E-state index in [9.17, 15) is 35.9 Å². The summed E-state index contributed by atoms with van der Waals surface area (Å²) in [6, 6.07) is 3.85. The van der Waals surface area contributed by atoms with E-state index in [1.807, 2.05) is 0 Å². The summed E-state index contributed by atoms with van der Waals surface area (Å²) in [5, 5.41) is 11.1. The number of carbonyl (C=O) groups excluding carboxylic acids is 2. The van der Waals surface area contributed by atoms with E-state index in [4.69, 9.17) is 5.26 Å². The number of alkyl halides is 6. The maximum atomic E-state index is 13.0. The molecule has 1 fully saturated rings. The van der Waals surface area contributed by atoms with Crippen molar-refractivity contribution in [3.63, 3.8) is 0 Å². The summed E-state index contributed by atoms with van der Waals surface area (Å²) >= 11 is 0. The van der Waals surface area contributed by atoms with Crippen LogP contribution in [0.1, 0.15) is 24.5 Å². The molecule has 27 heavy (non-hydrogen) atoms. The maximum absolute atomic E-state index is 13.0. The lowest BCUT2D eigenvalue weighted by molar-refractivity contribution is -0.187. The molecule has 1 heterocycles. The van der Waals surface area contributed by atoms with Crippen molar-refractivity contribution in [1.29, 1.82) is 5.26 Å². The van der Waals surface area contributed by atoms with Crippen molar-refractivity contribution in [1.82, 2.24) is 10.4 Å². The zero-order valence-electron chi connectivity index (χ0n) is 13.6. The third-order valence-corrected chi connectivity index (χ3v) is 3.91. The van der Waals surface area contributed by atoms with Crippen molar-refractivity contribution >= 4 is 17.5 Å². The molecule has 0 saturated carbocycles. The highest BCUT2D eigenvalue weighted by atomic mass is 19.4. The zero-order chi connectivity index (χ0) is 20.6. The number of halogens is 6. The SMILES string of the molecule is CC1(C(=O)Nc2ccc(C#N)c(C(F)(F)F)c2)CCN(C(=O)C(F)(F)F)N1. The zero-order valence-corrected chi connectivity index (χ0v) is 13.6. The van der Waals surface area contributed by atoms with E-state index in [0.717, 1.165) is 12.1 Å². The smallest absolute Gasteiger partial charge is 0.324 e. The molecule has 1 saturated heterocycles. The van der Waals surface area contributed by atoms with Gasteiger partial charge in [0.15, 0.2) is 0 Å². The van der Waals surface area contributed by atoms with Gasteiger partial charge in [-0.2, -0.15) is 31.6 Å². The number of nitrogens with zero attached hydrogens (tertiary/aromatic N) is 2. The maximum Gasteiger partial charge on any atom is 0.472 e. The van der Waals surface area contributed by atoms with Gasteiger partial charge in [0.25, 0.3) is 0 Å². The minimum absolute atomic E-state index is 0.191. The van der Waals surface area contributed by atoms with Crippen molar-refractivity contribution in [2.24, 2.45) is 0 Å². The van der Waals surface area contributed by atoms with Crippen LogP contribution in [0.4, 0.5) is 32.0 Å². The topological polar surface area (TPSA) is 85.2 Å². The second-order valence-corrected chi connectivity index (χ2v) is 5.97. The minimum atomic E-state index is -5.14. The van der Waals surface area contributed by atoms with Crippen molar-refractivity contribution in [2.45, 2.75) is 31.2 Å². The number of hydrazine groups is 1. The van der Waals surface area contributed by atoms with Gasteiger partial charge in [0, 0.05) is 12.2 Å². The Balaban J connectivity index is 2.18. The van der Waals surface area contributed by atoms with Crippen LogP contribution in [-0.2, 0) is 15.8 Å². The summed E-state index contributed by atoms with van der Waals surface area (Å²) in [6.45, 7) is 0.795. The van der Waals surface area contributed by atoms with Crippen LogP contribution in [0.5, 0.6) is 0 Å². The molecular weight excluding hydrogens is 382 g/mol. The molecule has 2 amide bonds. The molecule has 0 aliphatic carbocycles. The fourth-order valence-corrected chi connectivity index (χ4v) is 2.44. The largest absolute Gasteiger partial charge is 0.472 e. The van der Waals surface area contributed by atoms with E-state index in [1.54, 1.807) is 0 Å². The van der Waals surface area contributed by atoms with E-state index in [1.165, 1.54) is 13.0 Å². The summed E-state index contributed by atoms with van der Waals surface area (Å²) in [5.74, 6) is -3.12. The van der Waals surface area contributed by atoms with Crippen molar-refractivity contribution in [3.8, 4) is 6.07 Å². The first-order valence-electron chi connectivity index (χ1n) is 7.37. The lowest BCUT2D eigenvalue weighted by Crippen LogP contribution is -2.55. The molecular formula is C15H12F6N4O2. The number of carbonyl (C=O) groups is 2. The first-order chi connectivity index (χ1) is 12.3. The van der Waals surface area contributed by atoms with Gasteiger partial charge in [-0.3, -0.25) is 14.6 Å². The fraction of sp³-hybridized carbons (Fsp3) is 0.400. The number of rotatable bonds is 2. The lowest BCUT2D eigenvalue weighted by Gasteiger charge is -2.26. The Bertz CT molecular complexity index is 814. The van der Waals surface area contributed by atoms with Gasteiger partial charge in [-0.05, 0) is 31.5 Å². The second-order valence-electron chi connectivity index (χ2n) is 5.97. The number of amides is 2. The van der Waals surface area contributed by atoms with Crippen LogP contribution in [-0.4, -0.2) is 35.1 Å². The standard InChI is InChI=1S/C15H12F6N4O2/c1-13(4-5-25(24-13)12(27)15(19,20)21)11(26)23-9-3-2-8(7-22)10(6-9)14(16,17)18/h2-3,6,24H,4-5H2,1H3,(H,23,26). The summed E-state index contributed by atoms with van der Waals surface area (Å²) in [5.41, 5.74) is -1.71. The molecule has 1 unspecified atom stereocenters. The van der Waals surface area contributed by atoms with Gasteiger partial charge in [-0.25, -0.2) is 5.43 Å². The lowest BCUT2D eigenvalue weighted by atomic mass is 9.99. The van der Waals surface area contributed by atoms with Gasteiger partial charge in [-0.15, -0.1) is 0 Å². The molecule has 1 aliphatic heterocycles. The molecule has 0 aromatic heterocycles. The minimum Gasteiger partial charge on any atom is -0.324 e. The molecule has 1 aliphatic rings. The molecule has 2 rings (SSSR count). The Hall–Kier alpha value is -2.81. The van der Waals surface area contributed by atoms with E-state index in [-0.39, 0.29) is 17.1 Å². The number of benzene rings is 1. The highest BCUT2D eigenvalue weighted by Crippen LogP contribution is 2.34. The molecule has 1 atom stereocenters. The molecule has 12 heteroatoms. The molecule has 0 bridgehead atoms. The predicted octanol–water partition coefficient (Wildman–Crippen LogP) is 2.57. The summed E-state index contributed by atoms with van der Waals surface area (Å²) in [7, 11) is 0. The normalized spacial score (nSPS) is 20.3. The first kappa shape index (κ1) is 20.5. The van der Waals surface area contributed by atoms with Gasteiger partial charge in [0.05, 0.1) is 17.2 Å². The van der Waals surface area contributed by atoms with E-state index in [0.29, 0.717) is 6.07 Å². The quantitative estimate of drug-likeness (QED) is 0.756. The molecule has 6 nitrogen and oxygen atoms in total. The summed E-state index contributed by atoms with van der Waals surface area (Å²) in [4.78, 5) is 23.5. The van der Waals surface area contributed by atoms with Gasteiger partial charge in [-0.1, -0.05) is 0 Å². The molecule has 146 valence electrons. The van der Waals surface area contributed by atoms with Gasteiger partial charge >= 0.3 is 18.3 Å². The number of nitrogens with one attached hydrogen (secondary N) is 2. The summed E-state index contributed by atoms with van der Waals surface area (Å²) < 4.78 is 76.3. The van der Waals surface area contributed by atoms with E-state index >= 15 is 0 Å². The number of hydrogen-bond acceptors (Lipinski definition) is 4. The molecule has 0 spiro atoms. The Kier molecular flexibility index (Phi) is 5.11. The Morgan fingerprint density at radius 3 is 2.41 bits per heavy atom. The third-order valence-electron chi connectivity index (χ3n) is 3.91. The van der Waals surface area contributed by atoms with Gasteiger partial charge in [0.1, 0.15) is 5.54 Å². The average molecular weight is 394 g/mol. The molecule has 1 aromatic carbocycles. The number of anilines is 1. The highest BCUT2D eigenvalue weighted by Gasteiger charge is 2.49. The van der Waals surface area contributed by atoms with Crippen LogP contribution in [0.25, 0.3) is 0 Å². The van der Waals surface area contributed by atoms with Crippen LogP contribution in [0.3, 0.4) is 0 Å². The molecule has 0 radical (unpaired) electrons.